The normalized spacial score (nSPS) is 20.5. The number of ether oxygens (including phenoxy) is 1. The Morgan fingerprint density at radius 1 is 1.16 bits per heavy atom. The molecule has 0 spiro atoms. The van der Waals surface area contributed by atoms with Gasteiger partial charge in [0.1, 0.15) is 16.6 Å². The minimum absolute atomic E-state index is 0.0975. The van der Waals surface area contributed by atoms with Gasteiger partial charge in [0.15, 0.2) is 11.6 Å². The highest BCUT2D eigenvalue weighted by atomic mass is 32.1. The van der Waals surface area contributed by atoms with Gasteiger partial charge in [0.25, 0.3) is 0 Å². The van der Waals surface area contributed by atoms with Gasteiger partial charge in [-0.1, -0.05) is 13.8 Å². The monoisotopic (exact) mass is 535 g/mol. The SMILES string of the molecule is CC.CN1CCC2CN(c3ncc4c5c(c(-c6ncc(F)c7sc(N)c(C#N)c67)c(F)c4n3)COC5)CC21. The van der Waals surface area contributed by atoms with E-state index in [9.17, 15) is 9.65 Å². The Morgan fingerprint density at radius 3 is 2.71 bits per heavy atom. The van der Waals surface area contributed by atoms with E-state index in [1.807, 2.05) is 19.9 Å². The number of nitrogens with two attached hydrogens (primary N) is 1. The Kier molecular flexibility index (Phi) is 6.13. The van der Waals surface area contributed by atoms with Crippen LogP contribution in [0.2, 0.25) is 0 Å². The summed E-state index contributed by atoms with van der Waals surface area (Å²) in [5.41, 5.74) is 8.03. The number of anilines is 2. The summed E-state index contributed by atoms with van der Waals surface area (Å²) in [7, 11) is 2.13. The van der Waals surface area contributed by atoms with Gasteiger partial charge in [-0.2, -0.15) is 5.26 Å². The second kappa shape index (κ2) is 9.38. The van der Waals surface area contributed by atoms with Crippen molar-refractivity contribution in [3.05, 3.63) is 40.7 Å². The summed E-state index contributed by atoms with van der Waals surface area (Å²) in [6, 6.07) is 2.49. The number of nitrogens with zero attached hydrogens (tertiary/aromatic N) is 6. The molecule has 8 nitrogen and oxygen atoms in total. The molecule has 2 fully saturated rings. The van der Waals surface area contributed by atoms with Crippen LogP contribution in [-0.4, -0.2) is 52.6 Å². The number of hydrogen-bond acceptors (Lipinski definition) is 9. The third-order valence-corrected chi connectivity index (χ3v) is 8.87. The largest absolute Gasteiger partial charge is 0.389 e. The Morgan fingerprint density at radius 2 is 1.95 bits per heavy atom. The highest BCUT2D eigenvalue weighted by Crippen LogP contribution is 2.45. The van der Waals surface area contributed by atoms with Crippen LogP contribution in [0.15, 0.2) is 12.4 Å². The van der Waals surface area contributed by atoms with E-state index >= 15 is 4.39 Å². The number of pyridine rings is 1. The summed E-state index contributed by atoms with van der Waals surface area (Å²) in [6.45, 7) is 7.17. The first-order valence-corrected chi connectivity index (χ1v) is 13.6. The smallest absolute Gasteiger partial charge is 0.226 e. The van der Waals surface area contributed by atoms with E-state index in [0.29, 0.717) is 28.9 Å². The molecule has 2 atom stereocenters. The summed E-state index contributed by atoms with van der Waals surface area (Å²) in [6.07, 6.45) is 3.85. The van der Waals surface area contributed by atoms with Crippen LogP contribution < -0.4 is 10.6 Å². The number of aromatic nitrogens is 3. The molecule has 3 aliphatic heterocycles. The Bertz CT molecular complexity index is 1630. The van der Waals surface area contributed by atoms with Crippen molar-refractivity contribution < 1.29 is 13.5 Å². The van der Waals surface area contributed by atoms with E-state index in [0.717, 1.165) is 49.2 Å². The maximum Gasteiger partial charge on any atom is 0.226 e. The average Bonchev–Trinajstić information content (AvgIpc) is 3.71. The van der Waals surface area contributed by atoms with E-state index in [1.54, 1.807) is 6.20 Å². The van der Waals surface area contributed by atoms with Crippen LogP contribution in [0.5, 0.6) is 0 Å². The third-order valence-electron chi connectivity index (χ3n) is 7.84. The minimum atomic E-state index is -0.602. The van der Waals surface area contributed by atoms with Gasteiger partial charge in [0, 0.05) is 41.7 Å². The number of nitriles is 1. The lowest BCUT2D eigenvalue weighted by molar-refractivity contribution is 0.135. The molecule has 4 aromatic rings. The molecular weight excluding hydrogens is 508 g/mol. The molecule has 0 radical (unpaired) electrons. The van der Waals surface area contributed by atoms with Crippen LogP contribution in [0.25, 0.3) is 32.2 Å². The molecule has 11 heteroatoms. The molecule has 3 aliphatic rings. The first kappa shape index (κ1) is 24.9. The predicted molar refractivity (Wildman–Crippen MR) is 144 cm³/mol. The lowest BCUT2D eigenvalue weighted by Crippen LogP contribution is -2.32. The summed E-state index contributed by atoms with van der Waals surface area (Å²) < 4.78 is 36.9. The highest BCUT2D eigenvalue weighted by Gasteiger charge is 2.40. The zero-order chi connectivity index (χ0) is 26.7. The maximum atomic E-state index is 16.4. The molecule has 38 heavy (non-hydrogen) atoms. The van der Waals surface area contributed by atoms with Crippen molar-refractivity contribution in [3.63, 3.8) is 0 Å². The lowest BCUT2D eigenvalue weighted by atomic mass is 9.94. The first-order valence-electron chi connectivity index (χ1n) is 12.8. The number of halogens is 2. The zero-order valence-corrected chi connectivity index (χ0v) is 22.2. The van der Waals surface area contributed by atoms with Crippen molar-refractivity contribution in [2.45, 2.75) is 39.5 Å². The second-order valence-corrected chi connectivity index (χ2v) is 10.7. The molecule has 3 aromatic heterocycles. The van der Waals surface area contributed by atoms with Gasteiger partial charge in [-0.25, -0.2) is 18.7 Å². The molecular formula is C27H27F2N7OS. The van der Waals surface area contributed by atoms with Crippen LogP contribution >= 0.6 is 11.3 Å². The van der Waals surface area contributed by atoms with Gasteiger partial charge >= 0.3 is 0 Å². The molecule has 196 valence electrons. The van der Waals surface area contributed by atoms with E-state index in [-0.39, 0.29) is 50.6 Å². The Balaban J connectivity index is 0.00000129. The van der Waals surface area contributed by atoms with Crippen LogP contribution in [0, 0.1) is 28.9 Å². The fraction of sp³-hybridized carbons (Fsp3) is 0.407. The van der Waals surface area contributed by atoms with Gasteiger partial charge in [0.05, 0.1) is 35.4 Å². The number of likely N-dealkylation sites (tertiary alicyclic amines) is 1. The molecule has 1 aromatic carbocycles. The van der Waals surface area contributed by atoms with Gasteiger partial charge in [-0.3, -0.25) is 4.98 Å². The van der Waals surface area contributed by atoms with Crippen LogP contribution in [-0.2, 0) is 18.0 Å². The molecule has 7 rings (SSSR count). The van der Waals surface area contributed by atoms with Gasteiger partial charge in [-0.15, -0.1) is 11.3 Å². The molecule has 2 unspecified atom stereocenters. The molecule has 0 bridgehead atoms. The number of thiophene rings is 1. The molecule has 0 aliphatic carbocycles. The van der Waals surface area contributed by atoms with Gasteiger partial charge in [0.2, 0.25) is 5.95 Å². The van der Waals surface area contributed by atoms with Gasteiger partial charge < -0.3 is 20.3 Å². The number of rotatable bonds is 2. The third kappa shape index (κ3) is 3.55. The number of hydrogen-bond donors (Lipinski definition) is 1. The number of likely N-dealkylation sites (N-methyl/N-ethyl adjacent to an activating group) is 1. The topological polar surface area (TPSA) is 104 Å². The van der Waals surface area contributed by atoms with Crippen molar-refractivity contribution in [2.24, 2.45) is 5.92 Å². The zero-order valence-electron chi connectivity index (χ0n) is 21.4. The quantitative estimate of drug-likeness (QED) is 0.389. The van der Waals surface area contributed by atoms with Crippen molar-refractivity contribution in [1.82, 2.24) is 19.9 Å². The highest BCUT2D eigenvalue weighted by molar-refractivity contribution is 7.23. The average molecular weight is 536 g/mol. The molecule has 0 saturated carbocycles. The van der Waals surface area contributed by atoms with Crippen molar-refractivity contribution in [1.29, 1.82) is 5.26 Å². The molecule has 0 amide bonds. The number of fused-ring (bicyclic) bond motifs is 5. The maximum absolute atomic E-state index is 16.4. The number of benzene rings is 1. The van der Waals surface area contributed by atoms with Crippen molar-refractivity contribution in [2.75, 3.05) is 37.3 Å². The van der Waals surface area contributed by atoms with Crippen LogP contribution in [0.3, 0.4) is 0 Å². The van der Waals surface area contributed by atoms with Crippen molar-refractivity contribution in [3.8, 4) is 17.3 Å². The summed E-state index contributed by atoms with van der Waals surface area (Å²) in [5.74, 6) is -0.143. The Labute approximate surface area is 222 Å². The minimum Gasteiger partial charge on any atom is -0.389 e. The molecule has 6 heterocycles. The Hall–Kier alpha value is -3.46. The molecule has 2 N–H and O–H groups in total. The summed E-state index contributed by atoms with van der Waals surface area (Å²) in [4.78, 5) is 18.0. The number of nitrogen functional groups attached to an aromatic ring is 1. The molecule has 2 saturated heterocycles. The van der Waals surface area contributed by atoms with E-state index in [4.69, 9.17) is 15.5 Å². The lowest BCUT2D eigenvalue weighted by Gasteiger charge is -2.21. The fourth-order valence-corrected chi connectivity index (χ4v) is 6.95. The van der Waals surface area contributed by atoms with Crippen molar-refractivity contribution >= 4 is 43.3 Å². The predicted octanol–water partition coefficient (Wildman–Crippen LogP) is 4.84. The second-order valence-electron chi connectivity index (χ2n) is 9.68. The van der Waals surface area contributed by atoms with E-state index in [1.165, 1.54) is 0 Å². The fourth-order valence-electron chi connectivity index (χ4n) is 6.03. The van der Waals surface area contributed by atoms with E-state index in [2.05, 4.69) is 26.8 Å². The summed E-state index contributed by atoms with van der Waals surface area (Å²) >= 11 is 0.959. The van der Waals surface area contributed by atoms with Crippen LogP contribution in [0.1, 0.15) is 37.0 Å². The first-order chi connectivity index (χ1) is 18.5. The van der Waals surface area contributed by atoms with Crippen LogP contribution in [0.4, 0.5) is 19.7 Å². The summed E-state index contributed by atoms with van der Waals surface area (Å²) in [5, 5.41) is 10.7. The van der Waals surface area contributed by atoms with E-state index < -0.39 is 11.6 Å². The standard InChI is InChI=1S/C25H21F2N7OS.C2H6/c1-33-3-2-11-7-34(8-17(11)33)25-31-5-13-14-9-35-10-15(14)18(20(27)21(13)32-25)22-19-12(4-28)24(29)36-23(19)16(26)6-30-22;1-2/h5-6,11,17H,2-3,7-10,29H2,1H3;1-2H3. The van der Waals surface area contributed by atoms with Gasteiger partial charge in [-0.05, 0) is 37.1 Å².